The summed E-state index contributed by atoms with van der Waals surface area (Å²) in [7, 11) is 1.63. The highest BCUT2D eigenvalue weighted by molar-refractivity contribution is 5.93. The summed E-state index contributed by atoms with van der Waals surface area (Å²) >= 11 is 0. The highest BCUT2D eigenvalue weighted by Gasteiger charge is 2.11. The van der Waals surface area contributed by atoms with Crippen LogP contribution in [0.2, 0.25) is 0 Å². The first kappa shape index (κ1) is 18.2. The van der Waals surface area contributed by atoms with Gasteiger partial charge in [0.2, 0.25) is 0 Å². The van der Waals surface area contributed by atoms with E-state index in [9.17, 15) is 10.1 Å². The number of nitro groups is 1. The number of nitrogens with one attached hydrogen (secondary N) is 2. The van der Waals surface area contributed by atoms with E-state index in [4.69, 9.17) is 10.5 Å². The molecule has 4 N–H and O–H groups in total. The van der Waals surface area contributed by atoms with Gasteiger partial charge in [0.1, 0.15) is 5.69 Å². The fourth-order valence-corrected chi connectivity index (χ4v) is 2.25. The maximum absolute atomic E-state index is 10.9. The second-order valence-electron chi connectivity index (χ2n) is 5.18. The summed E-state index contributed by atoms with van der Waals surface area (Å²) in [6.45, 7) is 1.26. The molecule has 0 spiro atoms. The third-order valence-electron chi connectivity index (χ3n) is 3.39. The molecule has 0 aliphatic carbocycles. The molecule has 0 atom stereocenters. The van der Waals surface area contributed by atoms with Crippen molar-refractivity contribution in [2.75, 3.05) is 30.8 Å². The predicted molar refractivity (Wildman–Crippen MR) is 98.9 cm³/mol. The molecule has 8 heteroatoms. The number of aliphatic imine (C=N–C) groups is 1. The van der Waals surface area contributed by atoms with E-state index >= 15 is 0 Å². The molecule has 0 aromatic heterocycles. The van der Waals surface area contributed by atoms with Gasteiger partial charge in [-0.05, 0) is 12.1 Å². The Labute approximate surface area is 145 Å². The third kappa shape index (κ3) is 5.47. The van der Waals surface area contributed by atoms with Crippen molar-refractivity contribution >= 4 is 23.0 Å². The second kappa shape index (κ2) is 9.24. The number of methoxy groups -OCH3 is 1. The minimum atomic E-state index is -0.422. The fourth-order valence-electron chi connectivity index (χ4n) is 2.25. The Kier molecular flexibility index (Phi) is 6.73. The largest absolute Gasteiger partial charge is 0.380 e. The number of ether oxygens (including phenoxy) is 1. The lowest BCUT2D eigenvalue weighted by molar-refractivity contribution is -0.384. The van der Waals surface area contributed by atoms with Crippen molar-refractivity contribution in [2.24, 2.45) is 10.7 Å². The molecule has 0 aliphatic heterocycles. The van der Waals surface area contributed by atoms with Crippen LogP contribution in [-0.2, 0) is 11.3 Å². The molecule has 0 saturated carbocycles. The average Bonchev–Trinajstić information content (AvgIpc) is 2.61. The number of benzene rings is 2. The van der Waals surface area contributed by atoms with Crippen LogP contribution in [0, 0.1) is 10.1 Å². The van der Waals surface area contributed by atoms with E-state index in [0.717, 1.165) is 11.3 Å². The van der Waals surface area contributed by atoms with Crippen LogP contribution in [0.15, 0.2) is 53.5 Å². The molecule has 2 aromatic carbocycles. The number of hydrogen-bond donors (Lipinski definition) is 3. The molecule has 0 bridgehead atoms. The van der Waals surface area contributed by atoms with Gasteiger partial charge in [-0.1, -0.05) is 30.3 Å². The summed E-state index contributed by atoms with van der Waals surface area (Å²) < 4.78 is 5.14. The number of nitrogens with zero attached hydrogens (tertiary/aromatic N) is 2. The number of nitro benzene ring substituents is 1. The average molecular weight is 343 g/mol. The normalized spacial score (nSPS) is 11.2. The zero-order valence-electron chi connectivity index (χ0n) is 13.9. The Balaban J connectivity index is 1.89. The molecule has 0 heterocycles. The van der Waals surface area contributed by atoms with Crippen LogP contribution in [0.4, 0.5) is 17.1 Å². The smallest absolute Gasteiger partial charge is 0.292 e. The zero-order chi connectivity index (χ0) is 18.1. The molecule has 2 aromatic rings. The number of hydrogen-bond acceptors (Lipinski definition) is 5. The summed E-state index contributed by atoms with van der Waals surface area (Å²) in [6, 6.07) is 14.1. The van der Waals surface area contributed by atoms with Gasteiger partial charge in [0.25, 0.3) is 5.69 Å². The molecule has 2 rings (SSSR count). The van der Waals surface area contributed by atoms with Crippen LogP contribution in [0.25, 0.3) is 0 Å². The van der Waals surface area contributed by atoms with Gasteiger partial charge < -0.3 is 21.1 Å². The van der Waals surface area contributed by atoms with Crippen molar-refractivity contribution < 1.29 is 9.66 Å². The second-order valence-corrected chi connectivity index (χ2v) is 5.18. The summed E-state index contributed by atoms with van der Waals surface area (Å²) in [4.78, 5) is 14.7. The van der Waals surface area contributed by atoms with Crippen LogP contribution in [-0.4, -0.2) is 31.1 Å². The molecular formula is C17H21N5O3. The number of guanidine groups is 1. The van der Waals surface area contributed by atoms with Gasteiger partial charge in [-0.15, -0.1) is 0 Å². The van der Waals surface area contributed by atoms with Crippen molar-refractivity contribution in [3.05, 3.63) is 64.2 Å². The molecule has 0 fully saturated rings. The maximum atomic E-state index is 10.9. The molecule has 0 radical (unpaired) electrons. The number of nitrogens with two attached hydrogens (primary N) is 1. The molecular weight excluding hydrogens is 322 g/mol. The maximum Gasteiger partial charge on any atom is 0.292 e. The van der Waals surface area contributed by atoms with Crippen LogP contribution in [0.3, 0.4) is 0 Å². The summed E-state index contributed by atoms with van der Waals surface area (Å²) in [5, 5.41) is 17.0. The minimum Gasteiger partial charge on any atom is -0.380 e. The molecule has 0 amide bonds. The standard InChI is InChI=1S/C17H21N5O3/c1-25-12-13-6-2-3-7-14(13)21-17(18)20-11-10-19-15-8-4-5-9-16(15)22(23)24/h2-9,19H,10-12H2,1H3,(H3,18,20,21). The molecule has 132 valence electrons. The lowest BCUT2D eigenvalue weighted by Crippen LogP contribution is -2.24. The van der Waals surface area contributed by atoms with Gasteiger partial charge in [0, 0.05) is 31.0 Å². The van der Waals surface area contributed by atoms with E-state index in [1.165, 1.54) is 6.07 Å². The topological polar surface area (TPSA) is 115 Å². The van der Waals surface area contributed by atoms with Gasteiger partial charge in [-0.25, -0.2) is 0 Å². The Bertz CT molecular complexity index is 749. The van der Waals surface area contributed by atoms with Crippen LogP contribution < -0.4 is 16.4 Å². The number of anilines is 2. The van der Waals surface area contributed by atoms with E-state index < -0.39 is 4.92 Å². The summed E-state index contributed by atoms with van der Waals surface area (Å²) in [5.74, 6) is 0.271. The van der Waals surface area contributed by atoms with Gasteiger partial charge >= 0.3 is 0 Å². The fraction of sp³-hybridized carbons (Fsp3) is 0.235. The van der Waals surface area contributed by atoms with Crippen LogP contribution >= 0.6 is 0 Å². The van der Waals surface area contributed by atoms with E-state index in [2.05, 4.69) is 15.6 Å². The van der Waals surface area contributed by atoms with Crippen molar-refractivity contribution in [2.45, 2.75) is 6.61 Å². The van der Waals surface area contributed by atoms with Gasteiger partial charge in [-0.3, -0.25) is 15.1 Å². The monoisotopic (exact) mass is 343 g/mol. The number of rotatable bonds is 8. The number of para-hydroxylation sites is 3. The quantitative estimate of drug-likeness (QED) is 0.223. The van der Waals surface area contributed by atoms with Gasteiger partial charge in [0.15, 0.2) is 5.96 Å². The Hall–Kier alpha value is -3.13. The van der Waals surface area contributed by atoms with E-state index in [-0.39, 0.29) is 11.6 Å². The highest BCUT2D eigenvalue weighted by Crippen LogP contribution is 2.22. The zero-order valence-corrected chi connectivity index (χ0v) is 13.9. The molecule has 8 nitrogen and oxygen atoms in total. The van der Waals surface area contributed by atoms with Gasteiger partial charge in [-0.2, -0.15) is 0 Å². The minimum absolute atomic E-state index is 0.0334. The van der Waals surface area contributed by atoms with Crippen LogP contribution in [0.5, 0.6) is 0 Å². The van der Waals surface area contributed by atoms with Gasteiger partial charge in [0.05, 0.1) is 18.1 Å². The Morgan fingerprint density at radius 2 is 1.88 bits per heavy atom. The lowest BCUT2D eigenvalue weighted by Gasteiger charge is -2.11. The van der Waals surface area contributed by atoms with Crippen LogP contribution in [0.1, 0.15) is 5.56 Å². The predicted octanol–water partition coefficient (Wildman–Crippen LogP) is 2.58. The van der Waals surface area contributed by atoms with Crippen molar-refractivity contribution in [1.29, 1.82) is 0 Å². The van der Waals surface area contributed by atoms with Crippen molar-refractivity contribution in [3.8, 4) is 0 Å². The van der Waals surface area contributed by atoms with Crippen molar-refractivity contribution in [1.82, 2.24) is 0 Å². The molecule has 0 unspecified atom stereocenters. The first-order valence-electron chi connectivity index (χ1n) is 7.73. The SMILES string of the molecule is COCc1ccccc1NC(N)=NCCNc1ccccc1[N+](=O)[O-]. The first-order chi connectivity index (χ1) is 12.1. The third-order valence-corrected chi connectivity index (χ3v) is 3.39. The Morgan fingerprint density at radius 1 is 1.20 bits per heavy atom. The highest BCUT2D eigenvalue weighted by atomic mass is 16.6. The Morgan fingerprint density at radius 3 is 2.60 bits per heavy atom. The summed E-state index contributed by atoms with van der Waals surface area (Å²) in [6.07, 6.45) is 0. The molecule has 25 heavy (non-hydrogen) atoms. The van der Waals surface area contributed by atoms with E-state index in [0.29, 0.717) is 25.4 Å². The van der Waals surface area contributed by atoms with E-state index in [1.54, 1.807) is 25.3 Å². The first-order valence-corrected chi connectivity index (χ1v) is 7.73. The molecule has 0 saturated heterocycles. The lowest BCUT2D eigenvalue weighted by atomic mass is 10.2. The van der Waals surface area contributed by atoms with Crippen molar-refractivity contribution in [3.63, 3.8) is 0 Å². The van der Waals surface area contributed by atoms with E-state index in [1.807, 2.05) is 24.3 Å². The summed E-state index contributed by atoms with van der Waals surface area (Å²) in [5.41, 5.74) is 8.19. The molecule has 0 aliphatic rings.